The van der Waals surface area contributed by atoms with Crippen LogP contribution in [0.1, 0.15) is 0 Å². The van der Waals surface area contributed by atoms with Crippen molar-refractivity contribution in [2.24, 2.45) is 0 Å². The van der Waals surface area contributed by atoms with Crippen LogP contribution in [-0.2, 0) is 4.57 Å². The van der Waals surface area contributed by atoms with Gasteiger partial charge in [-0.15, -0.1) is 0 Å². The summed E-state index contributed by atoms with van der Waals surface area (Å²) >= 11 is 0. The zero-order valence-electron chi connectivity index (χ0n) is 10.1. The van der Waals surface area contributed by atoms with Gasteiger partial charge in [0.15, 0.2) is 7.14 Å². The van der Waals surface area contributed by atoms with Gasteiger partial charge in [-0.05, 0) is 6.07 Å². The Balaban J connectivity index is 2.12. The van der Waals surface area contributed by atoms with Crippen LogP contribution in [-0.4, -0.2) is 0 Å². The Kier molecular flexibility index (Phi) is 2.12. The van der Waals surface area contributed by atoms with Crippen LogP contribution in [0.25, 0.3) is 11.3 Å². The fraction of sp³-hybridized carbons (Fsp3) is 0. The van der Waals surface area contributed by atoms with E-state index in [9.17, 15) is 4.57 Å². The van der Waals surface area contributed by atoms with E-state index in [0.29, 0.717) is 0 Å². The van der Waals surface area contributed by atoms with Crippen LogP contribution >= 0.6 is 7.14 Å². The Morgan fingerprint density at radius 1 is 0.789 bits per heavy atom. The molecule has 0 bridgehead atoms. The van der Waals surface area contributed by atoms with Gasteiger partial charge in [-0.2, -0.15) is 0 Å². The maximum absolute atomic E-state index is 13.7. The summed E-state index contributed by atoms with van der Waals surface area (Å²) in [6.45, 7) is 0. The zero-order chi connectivity index (χ0) is 12.9. The summed E-state index contributed by atoms with van der Waals surface area (Å²) in [4.78, 5) is 0. The van der Waals surface area contributed by atoms with E-state index in [-0.39, 0.29) is 0 Å². The number of hydrogen-bond donors (Lipinski definition) is 0. The smallest absolute Gasteiger partial charge is 0.175 e. The molecular weight excluding hydrogens is 255 g/mol. The van der Waals surface area contributed by atoms with Crippen LogP contribution < -0.4 is 15.9 Å². The predicted octanol–water partition coefficient (Wildman–Crippen LogP) is 2.90. The molecule has 2 aromatic carbocycles. The normalized spacial score (nSPS) is 20.0. The highest BCUT2D eigenvalue weighted by Gasteiger charge is 2.41. The van der Waals surface area contributed by atoms with Crippen molar-refractivity contribution in [3.8, 4) is 11.3 Å². The van der Waals surface area contributed by atoms with E-state index in [0.717, 1.165) is 27.2 Å². The third kappa shape index (κ3) is 1.30. The van der Waals surface area contributed by atoms with E-state index < -0.39 is 7.14 Å². The molecule has 0 aliphatic carbocycles. The van der Waals surface area contributed by atoms with Gasteiger partial charge in [0.2, 0.25) is 0 Å². The monoisotopic (exact) mass is 266 g/mol. The first kappa shape index (κ1) is 10.8. The Morgan fingerprint density at radius 3 is 2.37 bits per heavy atom. The minimum atomic E-state index is -2.75. The van der Waals surface area contributed by atoms with Crippen molar-refractivity contribution >= 4 is 23.1 Å². The van der Waals surface area contributed by atoms with Crippen LogP contribution in [0, 0.1) is 0 Å². The standard InChI is InChI=1S/C16H11O2P/c17-19(12-6-2-1-3-7-12)14-9-5-4-8-13(14)16-15(19)10-11-18-16/h1-11H. The summed E-state index contributed by atoms with van der Waals surface area (Å²) in [5.41, 5.74) is 0.953. The van der Waals surface area contributed by atoms with E-state index in [1.54, 1.807) is 6.26 Å². The lowest BCUT2D eigenvalue weighted by atomic mass is 10.2. The summed E-state index contributed by atoms with van der Waals surface area (Å²) in [6.07, 6.45) is 1.62. The second-order valence-corrected chi connectivity index (χ2v) is 7.30. The van der Waals surface area contributed by atoms with Gasteiger partial charge in [-0.25, -0.2) is 0 Å². The van der Waals surface area contributed by atoms with Gasteiger partial charge in [0.1, 0.15) is 5.76 Å². The van der Waals surface area contributed by atoms with Crippen LogP contribution in [0.2, 0.25) is 0 Å². The molecule has 19 heavy (non-hydrogen) atoms. The summed E-state index contributed by atoms with van der Waals surface area (Å²) in [6, 6.07) is 19.3. The fourth-order valence-corrected chi connectivity index (χ4v) is 5.69. The van der Waals surface area contributed by atoms with Crippen LogP contribution in [0.4, 0.5) is 0 Å². The SMILES string of the molecule is O=P1(c2ccccc2)c2ccccc2-c2occc21. The van der Waals surface area contributed by atoms with Crippen molar-refractivity contribution in [1.82, 2.24) is 0 Å². The van der Waals surface area contributed by atoms with Gasteiger partial charge in [-0.1, -0.05) is 54.6 Å². The highest BCUT2D eigenvalue weighted by Crippen LogP contribution is 2.52. The first-order valence-electron chi connectivity index (χ1n) is 6.15. The molecule has 3 heteroatoms. The van der Waals surface area contributed by atoms with E-state index in [1.165, 1.54) is 0 Å². The molecule has 1 unspecified atom stereocenters. The lowest BCUT2D eigenvalue weighted by molar-refractivity contribution is 0.584. The van der Waals surface area contributed by atoms with Crippen molar-refractivity contribution in [2.45, 2.75) is 0 Å². The van der Waals surface area contributed by atoms with Gasteiger partial charge in [0.25, 0.3) is 0 Å². The Hall–Kier alpha value is -2.05. The van der Waals surface area contributed by atoms with Crippen LogP contribution in [0.5, 0.6) is 0 Å². The molecule has 0 spiro atoms. The highest BCUT2D eigenvalue weighted by molar-refractivity contribution is 7.86. The molecule has 0 saturated carbocycles. The minimum Gasteiger partial charge on any atom is -0.464 e. The van der Waals surface area contributed by atoms with Crippen molar-refractivity contribution in [2.75, 3.05) is 0 Å². The first-order valence-corrected chi connectivity index (χ1v) is 7.86. The molecule has 3 aromatic rings. The molecule has 92 valence electrons. The Morgan fingerprint density at radius 2 is 1.53 bits per heavy atom. The quantitative estimate of drug-likeness (QED) is 0.496. The maximum atomic E-state index is 13.7. The van der Waals surface area contributed by atoms with Gasteiger partial charge in [-0.3, -0.25) is 0 Å². The lowest BCUT2D eigenvalue weighted by Crippen LogP contribution is -2.19. The molecule has 0 N–H and O–H groups in total. The molecule has 0 saturated heterocycles. The van der Waals surface area contributed by atoms with Crippen molar-refractivity contribution in [3.63, 3.8) is 0 Å². The van der Waals surface area contributed by atoms with Gasteiger partial charge in [0.05, 0.1) is 11.6 Å². The largest absolute Gasteiger partial charge is 0.464 e. The Labute approximate surface area is 111 Å². The molecule has 4 rings (SSSR count). The molecule has 0 amide bonds. The molecule has 1 aliphatic heterocycles. The van der Waals surface area contributed by atoms with E-state index >= 15 is 0 Å². The number of fused-ring (bicyclic) bond motifs is 3. The molecule has 1 aliphatic rings. The topological polar surface area (TPSA) is 30.2 Å². The Bertz CT molecular complexity index is 802. The van der Waals surface area contributed by atoms with Crippen molar-refractivity contribution < 1.29 is 8.98 Å². The molecule has 1 atom stereocenters. The second kappa shape index (κ2) is 3.72. The zero-order valence-corrected chi connectivity index (χ0v) is 11.0. The average Bonchev–Trinajstić information content (AvgIpc) is 3.04. The second-order valence-electron chi connectivity index (χ2n) is 4.60. The molecule has 0 radical (unpaired) electrons. The summed E-state index contributed by atoms with van der Waals surface area (Å²) < 4.78 is 19.2. The molecule has 2 nitrogen and oxygen atoms in total. The molecular formula is C16H11O2P. The fourth-order valence-electron chi connectivity index (χ4n) is 2.74. The number of benzene rings is 2. The van der Waals surface area contributed by atoms with Crippen LogP contribution in [0.15, 0.2) is 71.3 Å². The number of rotatable bonds is 1. The lowest BCUT2D eigenvalue weighted by Gasteiger charge is -2.13. The summed E-state index contributed by atoms with van der Waals surface area (Å²) in [5, 5.41) is 2.57. The number of hydrogen-bond acceptors (Lipinski definition) is 2. The van der Waals surface area contributed by atoms with Crippen molar-refractivity contribution in [1.29, 1.82) is 0 Å². The van der Waals surface area contributed by atoms with Crippen molar-refractivity contribution in [3.05, 3.63) is 66.9 Å². The highest BCUT2D eigenvalue weighted by atomic mass is 31.2. The molecule has 1 aromatic heterocycles. The van der Waals surface area contributed by atoms with Gasteiger partial charge >= 0.3 is 0 Å². The summed E-state index contributed by atoms with van der Waals surface area (Å²) in [7, 11) is -2.75. The maximum Gasteiger partial charge on any atom is 0.175 e. The van der Waals surface area contributed by atoms with Gasteiger partial charge in [0, 0.05) is 16.2 Å². The van der Waals surface area contributed by atoms with E-state index in [1.807, 2.05) is 60.7 Å². The minimum absolute atomic E-state index is 0.753. The molecule has 0 fully saturated rings. The average molecular weight is 266 g/mol. The molecule has 2 heterocycles. The predicted molar refractivity (Wildman–Crippen MR) is 77.1 cm³/mol. The van der Waals surface area contributed by atoms with E-state index in [4.69, 9.17) is 4.42 Å². The third-order valence-electron chi connectivity index (χ3n) is 3.59. The van der Waals surface area contributed by atoms with Gasteiger partial charge < -0.3 is 8.98 Å². The first-order chi connectivity index (χ1) is 9.32. The number of furan rings is 1. The summed E-state index contributed by atoms with van der Waals surface area (Å²) in [5.74, 6) is 0.753. The third-order valence-corrected chi connectivity index (χ3v) is 6.72. The van der Waals surface area contributed by atoms with E-state index in [2.05, 4.69) is 0 Å². The van der Waals surface area contributed by atoms with Crippen LogP contribution in [0.3, 0.4) is 0 Å².